The van der Waals surface area contributed by atoms with Gasteiger partial charge < -0.3 is 13.4 Å². The first-order valence-corrected chi connectivity index (χ1v) is 22.2. The minimum absolute atomic E-state index is 0.520. The Labute approximate surface area is 368 Å². The first kappa shape index (κ1) is 35.2. The Morgan fingerprint density at radius 2 is 1.05 bits per heavy atom. The van der Waals surface area contributed by atoms with E-state index >= 15 is 0 Å². The molecule has 64 heavy (non-hydrogen) atoms. The van der Waals surface area contributed by atoms with Crippen molar-refractivity contribution in [1.29, 1.82) is 0 Å². The van der Waals surface area contributed by atoms with Gasteiger partial charge in [0.25, 0.3) is 0 Å². The maximum absolute atomic E-state index is 6.61. The van der Waals surface area contributed by atoms with E-state index in [1.165, 1.54) is 31.3 Å². The molecular formula is C57H32N4O2S. The number of benzene rings is 9. The second kappa shape index (κ2) is 13.6. The van der Waals surface area contributed by atoms with Crippen LogP contribution in [0.3, 0.4) is 0 Å². The maximum Gasteiger partial charge on any atom is 0.167 e. The lowest BCUT2D eigenvalue weighted by atomic mass is 10.0. The van der Waals surface area contributed by atoms with E-state index in [0.717, 1.165) is 88.1 Å². The molecule has 0 aliphatic carbocycles. The Bertz CT molecular complexity index is 4210. The minimum atomic E-state index is 0.520. The third-order valence-corrected chi connectivity index (χ3v) is 13.9. The van der Waals surface area contributed by atoms with Crippen molar-refractivity contribution in [3.63, 3.8) is 0 Å². The molecule has 14 aromatic rings. The standard InChI is InChI=1S/C57H32N4O2S/c1-2-14-33(15-3-1)55-58-56(42-23-13-21-39-37-17-5-9-25-47(37)63-53(39)42)60-57(59-55)52-46(30-31-49-51(52)41-19-6-10-26-48(41)62-49)61-44-24-8-4-16-36(44)43-32-34(28-29-45(43)61)35-20-12-22-40-38-18-7-11-27-50(38)64-54(35)40/h1-32H. The quantitative estimate of drug-likeness (QED) is 0.173. The number of hydrogen-bond donors (Lipinski definition) is 0. The van der Waals surface area contributed by atoms with E-state index in [9.17, 15) is 0 Å². The molecule has 14 rings (SSSR count). The largest absolute Gasteiger partial charge is 0.456 e. The van der Waals surface area contributed by atoms with E-state index in [0.29, 0.717) is 17.5 Å². The monoisotopic (exact) mass is 836 g/mol. The first-order valence-electron chi connectivity index (χ1n) is 21.3. The highest BCUT2D eigenvalue weighted by Crippen LogP contribution is 2.46. The molecule has 0 radical (unpaired) electrons. The van der Waals surface area contributed by atoms with E-state index in [2.05, 4.69) is 132 Å². The average Bonchev–Trinajstić information content (AvgIpc) is 4.13. The summed E-state index contributed by atoms with van der Waals surface area (Å²) in [5.74, 6) is 1.61. The van der Waals surface area contributed by atoms with Crippen molar-refractivity contribution in [2.24, 2.45) is 0 Å². The van der Waals surface area contributed by atoms with Gasteiger partial charge in [0.15, 0.2) is 17.5 Å². The summed E-state index contributed by atoms with van der Waals surface area (Å²) in [5.41, 5.74) is 11.1. The molecule has 0 saturated heterocycles. The summed E-state index contributed by atoms with van der Waals surface area (Å²) in [6.45, 7) is 0. The fourth-order valence-electron chi connectivity index (χ4n) is 9.84. The van der Waals surface area contributed by atoms with Gasteiger partial charge in [-0.1, -0.05) is 140 Å². The lowest BCUT2D eigenvalue weighted by Crippen LogP contribution is -2.04. The lowest BCUT2D eigenvalue weighted by Gasteiger charge is -2.16. The molecule has 0 unspecified atom stereocenters. The Morgan fingerprint density at radius 1 is 0.391 bits per heavy atom. The number of thiophene rings is 1. The molecule has 0 aliphatic heterocycles. The molecule has 0 spiro atoms. The van der Waals surface area contributed by atoms with Gasteiger partial charge in [-0.25, -0.2) is 15.0 Å². The van der Waals surface area contributed by atoms with Gasteiger partial charge in [0.2, 0.25) is 0 Å². The summed E-state index contributed by atoms with van der Waals surface area (Å²) in [5, 5.41) is 8.87. The van der Waals surface area contributed by atoms with E-state index < -0.39 is 0 Å². The zero-order chi connectivity index (χ0) is 41.9. The number of para-hydroxylation sites is 4. The van der Waals surface area contributed by atoms with Gasteiger partial charge in [-0.3, -0.25) is 0 Å². The molecule has 9 aromatic carbocycles. The molecule has 0 N–H and O–H groups in total. The van der Waals surface area contributed by atoms with Crippen molar-refractivity contribution in [3.8, 4) is 51.0 Å². The first-order chi connectivity index (χ1) is 31.7. The van der Waals surface area contributed by atoms with E-state index in [-0.39, 0.29) is 0 Å². The summed E-state index contributed by atoms with van der Waals surface area (Å²) in [6, 6.07) is 67.9. The fourth-order valence-corrected chi connectivity index (χ4v) is 11.1. The fraction of sp³-hybridized carbons (Fsp3) is 0. The van der Waals surface area contributed by atoms with Crippen molar-refractivity contribution in [1.82, 2.24) is 19.5 Å². The average molecular weight is 837 g/mol. The molecule has 0 saturated carbocycles. The van der Waals surface area contributed by atoms with E-state index in [1.54, 1.807) is 0 Å². The van der Waals surface area contributed by atoms with Crippen LogP contribution in [0.25, 0.3) is 137 Å². The third kappa shape index (κ3) is 5.16. The maximum atomic E-state index is 6.61. The number of aromatic nitrogens is 4. The van der Waals surface area contributed by atoms with Gasteiger partial charge in [-0.2, -0.15) is 0 Å². The van der Waals surface area contributed by atoms with Crippen LogP contribution in [-0.4, -0.2) is 19.5 Å². The van der Waals surface area contributed by atoms with Crippen molar-refractivity contribution in [3.05, 3.63) is 194 Å². The molecule has 0 fully saturated rings. The minimum Gasteiger partial charge on any atom is -0.456 e. The van der Waals surface area contributed by atoms with Crippen LogP contribution in [0.15, 0.2) is 203 Å². The van der Waals surface area contributed by atoms with Crippen LogP contribution in [0.1, 0.15) is 0 Å². The number of rotatable bonds is 5. The van der Waals surface area contributed by atoms with Crippen LogP contribution in [0.2, 0.25) is 0 Å². The SMILES string of the molecule is c1ccc(-c2nc(-c3cccc4c3oc3ccccc34)nc(-c3c(-n4c5ccccc5c5cc(-c6cccc7c6sc6ccccc67)ccc54)ccc4oc5ccccc5c34)n2)cc1. The molecule has 7 heteroatoms. The Hall–Kier alpha value is -8.39. The van der Waals surface area contributed by atoms with Gasteiger partial charge in [0.05, 0.1) is 27.8 Å². The van der Waals surface area contributed by atoms with Gasteiger partial charge in [0, 0.05) is 58.1 Å². The molecule has 5 heterocycles. The van der Waals surface area contributed by atoms with E-state index in [1.807, 2.05) is 78.1 Å². The lowest BCUT2D eigenvalue weighted by molar-refractivity contribution is 0.668. The van der Waals surface area contributed by atoms with Crippen molar-refractivity contribution in [2.75, 3.05) is 0 Å². The van der Waals surface area contributed by atoms with Gasteiger partial charge >= 0.3 is 0 Å². The molecule has 0 amide bonds. The Morgan fingerprint density at radius 3 is 1.92 bits per heavy atom. The van der Waals surface area contributed by atoms with Crippen LogP contribution in [0.4, 0.5) is 0 Å². The zero-order valence-corrected chi connectivity index (χ0v) is 34.8. The van der Waals surface area contributed by atoms with Gasteiger partial charge in [0.1, 0.15) is 22.3 Å². The highest BCUT2D eigenvalue weighted by Gasteiger charge is 2.26. The number of hydrogen-bond acceptors (Lipinski definition) is 6. The predicted molar refractivity (Wildman–Crippen MR) is 263 cm³/mol. The van der Waals surface area contributed by atoms with E-state index in [4.69, 9.17) is 23.8 Å². The van der Waals surface area contributed by atoms with Crippen LogP contribution < -0.4 is 0 Å². The number of nitrogens with zero attached hydrogens (tertiary/aromatic N) is 4. The summed E-state index contributed by atoms with van der Waals surface area (Å²) in [6.07, 6.45) is 0. The summed E-state index contributed by atoms with van der Waals surface area (Å²) >= 11 is 1.86. The topological polar surface area (TPSA) is 69.9 Å². The van der Waals surface area contributed by atoms with Crippen molar-refractivity contribution < 1.29 is 8.83 Å². The molecular weight excluding hydrogens is 805 g/mol. The third-order valence-electron chi connectivity index (χ3n) is 12.7. The van der Waals surface area contributed by atoms with Gasteiger partial charge in [-0.15, -0.1) is 11.3 Å². The highest BCUT2D eigenvalue weighted by atomic mass is 32.1. The summed E-state index contributed by atoms with van der Waals surface area (Å²) < 4.78 is 18.2. The summed E-state index contributed by atoms with van der Waals surface area (Å²) in [7, 11) is 0. The molecule has 0 bridgehead atoms. The van der Waals surface area contributed by atoms with Crippen LogP contribution >= 0.6 is 11.3 Å². The molecule has 5 aromatic heterocycles. The van der Waals surface area contributed by atoms with Crippen LogP contribution in [0, 0.1) is 0 Å². The number of furan rings is 2. The van der Waals surface area contributed by atoms with Crippen molar-refractivity contribution >= 4 is 97.2 Å². The Kier molecular flexibility index (Phi) is 7.46. The van der Waals surface area contributed by atoms with Gasteiger partial charge in [-0.05, 0) is 65.7 Å². The summed E-state index contributed by atoms with van der Waals surface area (Å²) in [4.78, 5) is 16.0. The van der Waals surface area contributed by atoms with Crippen LogP contribution in [0.5, 0.6) is 0 Å². The second-order valence-corrected chi connectivity index (χ2v) is 17.3. The smallest absolute Gasteiger partial charge is 0.167 e. The normalized spacial score (nSPS) is 12.1. The Balaban J connectivity index is 1.07. The number of fused-ring (bicyclic) bond motifs is 12. The molecule has 0 atom stereocenters. The molecule has 298 valence electrons. The predicted octanol–water partition coefficient (Wildman–Crippen LogP) is 15.8. The zero-order valence-electron chi connectivity index (χ0n) is 34.0. The van der Waals surface area contributed by atoms with Crippen LogP contribution in [-0.2, 0) is 0 Å². The second-order valence-electron chi connectivity index (χ2n) is 16.2. The molecule has 0 aliphatic rings. The highest BCUT2D eigenvalue weighted by molar-refractivity contribution is 7.26. The molecule has 6 nitrogen and oxygen atoms in total. The van der Waals surface area contributed by atoms with Crippen molar-refractivity contribution in [2.45, 2.75) is 0 Å².